The summed E-state index contributed by atoms with van der Waals surface area (Å²) in [4.78, 5) is 0. The number of hydrogen-bond donors (Lipinski definition) is 2. The molecule has 2 saturated carbocycles. The van der Waals surface area contributed by atoms with Crippen molar-refractivity contribution >= 4 is 0 Å². The van der Waals surface area contributed by atoms with Crippen LogP contribution in [-0.2, 0) is 0 Å². The van der Waals surface area contributed by atoms with Crippen molar-refractivity contribution in [1.29, 1.82) is 0 Å². The number of hydrogen-bond acceptors (Lipinski definition) is 2. The second-order valence-corrected chi connectivity index (χ2v) is 7.16. The van der Waals surface area contributed by atoms with Crippen LogP contribution < -0.4 is 5.73 Å². The number of nitrogens with two attached hydrogens (primary N) is 1. The Kier molecular flexibility index (Phi) is 5.30. The van der Waals surface area contributed by atoms with Gasteiger partial charge in [-0.3, -0.25) is 0 Å². The molecule has 2 atom stereocenters. The molecule has 2 fully saturated rings. The SMILES string of the molecule is CCCC1CCCC(O)(C2(CN)CCCCC2)CC1. The third kappa shape index (κ3) is 3.16. The van der Waals surface area contributed by atoms with Crippen molar-refractivity contribution in [1.82, 2.24) is 0 Å². The van der Waals surface area contributed by atoms with Crippen molar-refractivity contribution in [2.75, 3.05) is 6.54 Å². The third-order valence-corrected chi connectivity index (χ3v) is 6.05. The molecule has 0 bridgehead atoms. The molecule has 112 valence electrons. The minimum atomic E-state index is -0.468. The highest BCUT2D eigenvalue weighted by Crippen LogP contribution is 2.50. The molecule has 2 rings (SSSR count). The molecule has 0 radical (unpaired) electrons. The summed E-state index contributed by atoms with van der Waals surface area (Å²) in [6.07, 6.45) is 14.5. The van der Waals surface area contributed by atoms with E-state index in [1.165, 1.54) is 51.4 Å². The van der Waals surface area contributed by atoms with Crippen LogP contribution >= 0.6 is 0 Å². The van der Waals surface area contributed by atoms with E-state index in [9.17, 15) is 5.11 Å². The van der Waals surface area contributed by atoms with Crippen molar-refractivity contribution < 1.29 is 5.11 Å². The fourth-order valence-electron chi connectivity index (χ4n) is 4.71. The van der Waals surface area contributed by atoms with Gasteiger partial charge in [-0.15, -0.1) is 0 Å². The van der Waals surface area contributed by atoms with E-state index in [-0.39, 0.29) is 5.41 Å². The topological polar surface area (TPSA) is 46.2 Å². The summed E-state index contributed by atoms with van der Waals surface area (Å²) in [6, 6.07) is 0. The van der Waals surface area contributed by atoms with Gasteiger partial charge in [-0.05, 0) is 38.0 Å². The van der Waals surface area contributed by atoms with Gasteiger partial charge in [-0.2, -0.15) is 0 Å². The van der Waals surface area contributed by atoms with Gasteiger partial charge in [0.1, 0.15) is 0 Å². The standard InChI is InChI=1S/C17H33NO/c1-2-7-15-8-6-12-17(19,13-9-15)16(14-18)10-4-3-5-11-16/h15,19H,2-14,18H2,1H3. The maximum absolute atomic E-state index is 11.3. The van der Waals surface area contributed by atoms with Crippen LogP contribution in [0.15, 0.2) is 0 Å². The average Bonchev–Trinajstić information content (AvgIpc) is 2.63. The van der Waals surface area contributed by atoms with Crippen molar-refractivity contribution in [3.63, 3.8) is 0 Å². The van der Waals surface area contributed by atoms with E-state index >= 15 is 0 Å². The molecule has 0 aromatic heterocycles. The summed E-state index contributed by atoms with van der Waals surface area (Å²) >= 11 is 0. The molecular weight excluding hydrogens is 234 g/mol. The Morgan fingerprint density at radius 2 is 1.74 bits per heavy atom. The Labute approximate surface area is 119 Å². The Bertz CT molecular complexity index is 272. The molecule has 0 aromatic rings. The zero-order valence-corrected chi connectivity index (χ0v) is 12.8. The maximum Gasteiger partial charge on any atom is 0.0715 e. The van der Waals surface area contributed by atoms with E-state index in [2.05, 4.69) is 6.92 Å². The maximum atomic E-state index is 11.3. The molecule has 3 N–H and O–H groups in total. The summed E-state index contributed by atoms with van der Waals surface area (Å²) in [6.45, 7) is 2.96. The van der Waals surface area contributed by atoms with Gasteiger partial charge in [0, 0.05) is 12.0 Å². The van der Waals surface area contributed by atoms with Gasteiger partial charge < -0.3 is 10.8 Å². The lowest BCUT2D eigenvalue weighted by Gasteiger charge is -2.49. The Hall–Kier alpha value is -0.0800. The molecular formula is C17H33NO. The van der Waals surface area contributed by atoms with E-state index in [0.717, 1.165) is 31.6 Å². The Morgan fingerprint density at radius 1 is 1.00 bits per heavy atom. The van der Waals surface area contributed by atoms with E-state index < -0.39 is 5.60 Å². The molecule has 0 saturated heterocycles. The van der Waals surface area contributed by atoms with Gasteiger partial charge in [-0.25, -0.2) is 0 Å². The second-order valence-electron chi connectivity index (χ2n) is 7.16. The number of aliphatic hydroxyl groups is 1. The van der Waals surface area contributed by atoms with Crippen LogP contribution in [0.4, 0.5) is 0 Å². The Balaban J connectivity index is 2.07. The second kappa shape index (κ2) is 6.58. The third-order valence-electron chi connectivity index (χ3n) is 6.05. The summed E-state index contributed by atoms with van der Waals surface area (Å²) in [7, 11) is 0. The highest BCUT2D eigenvalue weighted by molar-refractivity contribution is 5.02. The van der Waals surface area contributed by atoms with Crippen molar-refractivity contribution in [2.45, 2.75) is 89.6 Å². The molecule has 2 unspecified atom stereocenters. The first-order chi connectivity index (χ1) is 9.16. The van der Waals surface area contributed by atoms with E-state index in [1.807, 2.05) is 0 Å². The lowest BCUT2D eigenvalue weighted by atomic mass is 9.60. The van der Waals surface area contributed by atoms with E-state index in [1.54, 1.807) is 0 Å². The van der Waals surface area contributed by atoms with Gasteiger partial charge in [0.15, 0.2) is 0 Å². The van der Waals surface area contributed by atoms with Crippen LogP contribution in [0.25, 0.3) is 0 Å². The fourth-order valence-corrected chi connectivity index (χ4v) is 4.71. The molecule has 0 aliphatic heterocycles. The predicted octanol–water partition coefficient (Wildman–Crippen LogP) is 4.01. The summed E-state index contributed by atoms with van der Waals surface area (Å²) in [5, 5.41) is 11.3. The van der Waals surface area contributed by atoms with E-state index in [0.29, 0.717) is 6.54 Å². The predicted molar refractivity (Wildman–Crippen MR) is 81.0 cm³/mol. The van der Waals surface area contributed by atoms with Crippen LogP contribution in [0, 0.1) is 11.3 Å². The molecule has 2 aliphatic carbocycles. The monoisotopic (exact) mass is 267 g/mol. The molecule has 0 spiro atoms. The van der Waals surface area contributed by atoms with Crippen LogP contribution in [0.1, 0.15) is 84.0 Å². The quantitative estimate of drug-likeness (QED) is 0.756. The van der Waals surface area contributed by atoms with Crippen LogP contribution in [0.3, 0.4) is 0 Å². The molecule has 0 aromatic carbocycles. The number of rotatable bonds is 4. The van der Waals surface area contributed by atoms with Crippen molar-refractivity contribution in [3.8, 4) is 0 Å². The van der Waals surface area contributed by atoms with Gasteiger partial charge in [0.25, 0.3) is 0 Å². The fraction of sp³-hybridized carbons (Fsp3) is 1.00. The average molecular weight is 267 g/mol. The van der Waals surface area contributed by atoms with Crippen LogP contribution in [0.5, 0.6) is 0 Å². The summed E-state index contributed by atoms with van der Waals surface area (Å²) in [5.74, 6) is 0.845. The Morgan fingerprint density at radius 3 is 2.37 bits per heavy atom. The van der Waals surface area contributed by atoms with E-state index in [4.69, 9.17) is 5.73 Å². The largest absolute Gasteiger partial charge is 0.389 e. The highest BCUT2D eigenvalue weighted by atomic mass is 16.3. The molecule has 0 amide bonds. The van der Waals surface area contributed by atoms with Crippen LogP contribution in [-0.4, -0.2) is 17.3 Å². The summed E-state index contributed by atoms with van der Waals surface area (Å²) < 4.78 is 0. The smallest absolute Gasteiger partial charge is 0.0715 e. The summed E-state index contributed by atoms with van der Waals surface area (Å²) in [5.41, 5.74) is 5.71. The van der Waals surface area contributed by atoms with Gasteiger partial charge in [0.2, 0.25) is 0 Å². The lowest BCUT2D eigenvalue weighted by Crippen LogP contribution is -2.53. The normalized spacial score (nSPS) is 35.8. The first kappa shape index (κ1) is 15.3. The van der Waals surface area contributed by atoms with Crippen molar-refractivity contribution in [3.05, 3.63) is 0 Å². The zero-order valence-electron chi connectivity index (χ0n) is 12.8. The molecule has 0 heterocycles. The van der Waals surface area contributed by atoms with Gasteiger partial charge in [-0.1, -0.05) is 51.9 Å². The minimum Gasteiger partial charge on any atom is -0.389 e. The molecule has 2 nitrogen and oxygen atoms in total. The van der Waals surface area contributed by atoms with Crippen molar-refractivity contribution in [2.24, 2.45) is 17.1 Å². The molecule has 19 heavy (non-hydrogen) atoms. The molecule has 2 heteroatoms. The highest BCUT2D eigenvalue weighted by Gasteiger charge is 2.49. The first-order valence-electron chi connectivity index (χ1n) is 8.58. The van der Waals surface area contributed by atoms with Gasteiger partial charge >= 0.3 is 0 Å². The zero-order chi connectivity index (χ0) is 13.8. The first-order valence-corrected chi connectivity index (χ1v) is 8.58. The van der Waals surface area contributed by atoms with Gasteiger partial charge in [0.05, 0.1) is 5.60 Å². The minimum absolute atomic E-state index is 0.0341. The molecule has 2 aliphatic rings. The van der Waals surface area contributed by atoms with Crippen LogP contribution in [0.2, 0.25) is 0 Å². The lowest BCUT2D eigenvalue weighted by molar-refractivity contribution is -0.110.